The average molecular weight is 204 g/mol. The first-order valence-electron chi connectivity index (χ1n) is 4.46. The van der Waals surface area contributed by atoms with E-state index in [1.807, 2.05) is 19.1 Å². The van der Waals surface area contributed by atoms with Crippen LogP contribution in [-0.4, -0.2) is 4.98 Å². The molecule has 0 saturated heterocycles. The van der Waals surface area contributed by atoms with Crippen molar-refractivity contribution in [3.8, 4) is 11.1 Å². The number of thiophene rings is 1. The van der Waals surface area contributed by atoms with Gasteiger partial charge in [0.15, 0.2) is 0 Å². The molecule has 0 aliphatic carbocycles. The number of nitrogens with zero attached hydrogens (tertiary/aromatic N) is 1. The first-order chi connectivity index (χ1) is 6.68. The Labute approximate surface area is 87.4 Å². The van der Waals surface area contributed by atoms with Gasteiger partial charge in [0.25, 0.3) is 0 Å². The minimum Gasteiger partial charge on any atom is -0.384 e. The van der Waals surface area contributed by atoms with Gasteiger partial charge in [0.05, 0.1) is 0 Å². The third kappa shape index (κ3) is 1.51. The molecule has 0 amide bonds. The summed E-state index contributed by atoms with van der Waals surface area (Å²) in [4.78, 5) is 5.57. The van der Waals surface area contributed by atoms with E-state index in [0.29, 0.717) is 5.82 Å². The van der Waals surface area contributed by atoms with Crippen LogP contribution in [0, 0.1) is 13.8 Å². The number of anilines is 1. The van der Waals surface area contributed by atoms with Crippen molar-refractivity contribution in [3.63, 3.8) is 0 Å². The van der Waals surface area contributed by atoms with E-state index in [4.69, 9.17) is 5.73 Å². The van der Waals surface area contributed by atoms with E-state index in [-0.39, 0.29) is 0 Å². The summed E-state index contributed by atoms with van der Waals surface area (Å²) in [7, 11) is 0. The van der Waals surface area contributed by atoms with Crippen molar-refractivity contribution in [3.05, 3.63) is 34.2 Å². The molecule has 2 aromatic rings. The van der Waals surface area contributed by atoms with Gasteiger partial charge in [-0.15, -0.1) is 11.3 Å². The highest BCUT2D eigenvalue weighted by Crippen LogP contribution is 2.29. The van der Waals surface area contributed by atoms with Gasteiger partial charge in [0, 0.05) is 16.1 Å². The molecule has 2 heterocycles. The Morgan fingerprint density at radius 2 is 1.93 bits per heavy atom. The molecule has 0 aliphatic rings. The zero-order valence-corrected chi connectivity index (χ0v) is 9.06. The summed E-state index contributed by atoms with van der Waals surface area (Å²) in [6.07, 6.45) is 0. The highest BCUT2D eigenvalue weighted by molar-refractivity contribution is 7.10. The number of aryl methyl sites for hydroxylation is 2. The summed E-state index contributed by atoms with van der Waals surface area (Å²) in [5.41, 5.74) is 9.05. The Bertz CT molecular complexity index is 460. The molecule has 0 radical (unpaired) electrons. The maximum absolute atomic E-state index is 5.61. The fraction of sp³-hybridized carbons (Fsp3) is 0.182. The molecule has 0 bridgehead atoms. The lowest BCUT2D eigenvalue weighted by atomic mass is 10.1. The van der Waals surface area contributed by atoms with E-state index in [2.05, 4.69) is 23.4 Å². The van der Waals surface area contributed by atoms with Crippen LogP contribution in [-0.2, 0) is 0 Å². The molecule has 0 unspecified atom stereocenters. The van der Waals surface area contributed by atoms with Crippen molar-refractivity contribution < 1.29 is 0 Å². The van der Waals surface area contributed by atoms with Gasteiger partial charge < -0.3 is 5.73 Å². The van der Waals surface area contributed by atoms with E-state index in [1.54, 1.807) is 11.3 Å². The molecule has 0 aliphatic heterocycles. The monoisotopic (exact) mass is 204 g/mol. The fourth-order valence-electron chi connectivity index (χ4n) is 1.53. The molecule has 72 valence electrons. The van der Waals surface area contributed by atoms with Crippen molar-refractivity contribution in [2.75, 3.05) is 5.73 Å². The SMILES string of the molecule is Cc1nc(N)ccc1-c1ccsc1C. The predicted molar refractivity (Wildman–Crippen MR) is 61.4 cm³/mol. The molecule has 2 N–H and O–H groups in total. The minimum atomic E-state index is 0.583. The maximum atomic E-state index is 5.61. The van der Waals surface area contributed by atoms with Gasteiger partial charge in [-0.25, -0.2) is 4.98 Å². The Morgan fingerprint density at radius 1 is 1.14 bits per heavy atom. The van der Waals surface area contributed by atoms with Crippen LogP contribution in [0.15, 0.2) is 23.6 Å². The molecule has 14 heavy (non-hydrogen) atoms. The topological polar surface area (TPSA) is 38.9 Å². The summed E-state index contributed by atoms with van der Waals surface area (Å²) in [5.74, 6) is 0.583. The van der Waals surface area contributed by atoms with E-state index in [9.17, 15) is 0 Å². The quantitative estimate of drug-likeness (QED) is 0.775. The smallest absolute Gasteiger partial charge is 0.123 e. The Morgan fingerprint density at radius 3 is 2.50 bits per heavy atom. The highest BCUT2D eigenvalue weighted by Gasteiger charge is 2.06. The lowest BCUT2D eigenvalue weighted by molar-refractivity contribution is 1.21. The van der Waals surface area contributed by atoms with E-state index in [0.717, 1.165) is 5.69 Å². The maximum Gasteiger partial charge on any atom is 0.123 e. The fourth-order valence-corrected chi connectivity index (χ4v) is 2.24. The highest BCUT2D eigenvalue weighted by atomic mass is 32.1. The molecule has 0 saturated carbocycles. The second kappa shape index (κ2) is 3.42. The molecule has 2 nitrogen and oxygen atoms in total. The van der Waals surface area contributed by atoms with Gasteiger partial charge in [0.1, 0.15) is 5.82 Å². The van der Waals surface area contributed by atoms with Gasteiger partial charge in [-0.3, -0.25) is 0 Å². The summed E-state index contributed by atoms with van der Waals surface area (Å²) in [6, 6.07) is 6.01. The Hall–Kier alpha value is -1.35. The number of hydrogen-bond donors (Lipinski definition) is 1. The van der Waals surface area contributed by atoms with Crippen LogP contribution < -0.4 is 5.73 Å². The summed E-state index contributed by atoms with van der Waals surface area (Å²) >= 11 is 1.75. The normalized spacial score (nSPS) is 10.4. The molecular weight excluding hydrogens is 192 g/mol. The first kappa shape index (κ1) is 9.21. The van der Waals surface area contributed by atoms with Crippen molar-refractivity contribution in [2.24, 2.45) is 0 Å². The van der Waals surface area contributed by atoms with Crippen molar-refractivity contribution in [1.82, 2.24) is 4.98 Å². The van der Waals surface area contributed by atoms with Crippen LogP contribution in [0.5, 0.6) is 0 Å². The van der Waals surface area contributed by atoms with Crippen molar-refractivity contribution in [2.45, 2.75) is 13.8 Å². The lowest BCUT2D eigenvalue weighted by Crippen LogP contribution is -1.93. The number of nitrogens with two attached hydrogens (primary N) is 1. The molecule has 0 atom stereocenters. The van der Waals surface area contributed by atoms with Crippen molar-refractivity contribution in [1.29, 1.82) is 0 Å². The predicted octanol–water partition coefficient (Wildman–Crippen LogP) is 3.01. The summed E-state index contributed by atoms with van der Waals surface area (Å²) in [6.45, 7) is 4.11. The molecular formula is C11H12N2S. The van der Waals surface area contributed by atoms with Gasteiger partial charge in [-0.05, 0) is 43.0 Å². The van der Waals surface area contributed by atoms with Crippen LogP contribution in [0.25, 0.3) is 11.1 Å². The van der Waals surface area contributed by atoms with Crippen molar-refractivity contribution >= 4 is 17.2 Å². The van der Waals surface area contributed by atoms with Gasteiger partial charge in [0.2, 0.25) is 0 Å². The first-order valence-corrected chi connectivity index (χ1v) is 5.34. The molecule has 0 aromatic carbocycles. The van der Waals surface area contributed by atoms with E-state index >= 15 is 0 Å². The van der Waals surface area contributed by atoms with E-state index in [1.165, 1.54) is 16.0 Å². The minimum absolute atomic E-state index is 0.583. The summed E-state index contributed by atoms with van der Waals surface area (Å²) < 4.78 is 0. The number of aromatic nitrogens is 1. The van der Waals surface area contributed by atoms with Gasteiger partial charge in [-0.1, -0.05) is 0 Å². The largest absolute Gasteiger partial charge is 0.384 e. The van der Waals surface area contributed by atoms with Crippen LogP contribution in [0.2, 0.25) is 0 Å². The van der Waals surface area contributed by atoms with E-state index < -0.39 is 0 Å². The average Bonchev–Trinajstić information content (AvgIpc) is 2.52. The zero-order chi connectivity index (χ0) is 10.1. The molecule has 0 fully saturated rings. The number of rotatable bonds is 1. The molecule has 2 rings (SSSR count). The number of hydrogen-bond acceptors (Lipinski definition) is 3. The van der Waals surface area contributed by atoms with Gasteiger partial charge >= 0.3 is 0 Å². The molecule has 2 aromatic heterocycles. The second-order valence-electron chi connectivity index (χ2n) is 3.26. The number of nitrogen functional groups attached to an aromatic ring is 1. The zero-order valence-electron chi connectivity index (χ0n) is 8.24. The third-order valence-electron chi connectivity index (χ3n) is 2.26. The molecule has 0 spiro atoms. The van der Waals surface area contributed by atoms with Crippen LogP contribution in [0.4, 0.5) is 5.82 Å². The molecule has 3 heteroatoms. The lowest BCUT2D eigenvalue weighted by Gasteiger charge is -2.04. The Balaban J connectivity index is 2.58. The third-order valence-corrected chi connectivity index (χ3v) is 3.10. The Kier molecular flexibility index (Phi) is 2.25. The van der Waals surface area contributed by atoms with Gasteiger partial charge in [-0.2, -0.15) is 0 Å². The van der Waals surface area contributed by atoms with Crippen LogP contribution in [0.1, 0.15) is 10.6 Å². The standard InChI is InChI=1S/C11H12N2S/c1-7-9(3-4-11(12)13-7)10-5-6-14-8(10)2/h3-6H,1-2H3,(H2,12,13). The number of pyridine rings is 1. The van der Waals surface area contributed by atoms with Crippen LogP contribution in [0.3, 0.4) is 0 Å². The second-order valence-corrected chi connectivity index (χ2v) is 4.38. The van der Waals surface area contributed by atoms with Crippen LogP contribution >= 0.6 is 11.3 Å². The summed E-state index contributed by atoms with van der Waals surface area (Å²) in [5, 5.41) is 2.10.